The zero-order valence-electron chi connectivity index (χ0n) is 11.8. The number of benzene rings is 1. The van der Waals surface area contributed by atoms with E-state index in [2.05, 4.69) is 9.72 Å². The third kappa shape index (κ3) is 2.42. The molecule has 0 atom stereocenters. The van der Waals surface area contributed by atoms with Gasteiger partial charge in [-0.15, -0.1) is 0 Å². The number of esters is 1. The first-order valence-corrected chi connectivity index (χ1v) is 6.12. The summed E-state index contributed by atoms with van der Waals surface area (Å²) in [6.07, 6.45) is 0. The molecule has 0 aliphatic heterocycles. The first-order chi connectivity index (χ1) is 10.5. The summed E-state index contributed by atoms with van der Waals surface area (Å²) in [6.45, 7) is 0. The Morgan fingerprint density at radius 3 is 2.55 bits per heavy atom. The van der Waals surface area contributed by atoms with Crippen LogP contribution in [0.4, 0.5) is 4.39 Å². The van der Waals surface area contributed by atoms with Crippen LogP contribution in [-0.4, -0.2) is 25.2 Å². The molecule has 6 nitrogen and oxygen atoms in total. The molecule has 0 fully saturated rings. The lowest BCUT2D eigenvalue weighted by atomic mass is 9.96. The number of rotatable bonds is 3. The lowest BCUT2D eigenvalue weighted by Crippen LogP contribution is -2.19. The third-order valence-corrected chi connectivity index (χ3v) is 3.03. The molecule has 0 aliphatic carbocycles. The van der Waals surface area contributed by atoms with Crippen molar-refractivity contribution in [3.63, 3.8) is 0 Å². The third-order valence-electron chi connectivity index (χ3n) is 3.03. The predicted octanol–water partition coefficient (Wildman–Crippen LogP) is 1.85. The van der Waals surface area contributed by atoms with Crippen molar-refractivity contribution in [3.8, 4) is 23.1 Å². The van der Waals surface area contributed by atoms with Gasteiger partial charge in [0, 0.05) is 11.1 Å². The molecule has 0 spiro atoms. The maximum absolute atomic E-state index is 14.1. The van der Waals surface area contributed by atoms with Crippen LogP contribution in [0.3, 0.4) is 0 Å². The van der Waals surface area contributed by atoms with Crippen molar-refractivity contribution >= 4 is 5.97 Å². The van der Waals surface area contributed by atoms with Gasteiger partial charge in [-0.25, -0.2) is 9.18 Å². The quantitative estimate of drug-likeness (QED) is 0.873. The van der Waals surface area contributed by atoms with Crippen LogP contribution in [0.5, 0.6) is 5.88 Å². The second-order valence-electron chi connectivity index (χ2n) is 4.20. The summed E-state index contributed by atoms with van der Waals surface area (Å²) in [5.41, 5.74) is -1.63. The van der Waals surface area contributed by atoms with Crippen molar-refractivity contribution in [1.82, 2.24) is 4.98 Å². The van der Waals surface area contributed by atoms with E-state index in [9.17, 15) is 19.2 Å². The monoisotopic (exact) mass is 302 g/mol. The molecule has 1 N–H and O–H groups in total. The van der Waals surface area contributed by atoms with Gasteiger partial charge in [-0.3, -0.25) is 9.78 Å². The lowest BCUT2D eigenvalue weighted by molar-refractivity contribution is 0.0597. The molecule has 1 heterocycles. The number of hydrogen-bond acceptors (Lipinski definition) is 5. The highest BCUT2D eigenvalue weighted by molar-refractivity contribution is 6.01. The van der Waals surface area contributed by atoms with E-state index in [-0.39, 0.29) is 22.6 Å². The van der Waals surface area contributed by atoms with Gasteiger partial charge in [-0.2, -0.15) is 5.26 Å². The summed E-state index contributed by atoms with van der Waals surface area (Å²) in [4.78, 5) is 26.3. The normalized spacial score (nSPS) is 9.91. The first kappa shape index (κ1) is 15.3. The number of pyridine rings is 1. The fourth-order valence-electron chi connectivity index (χ4n) is 2.07. The van der Waals surface area contributed by atoms with E-state index >= 15 is 0 Å². The van der Waals surface area contributed by atoms with E-state index in [0.29, 0.717) is 0 Å². The Balaban J connectivity index is 3.00. The van der Waals surface area contributed by atoms with E-state index in [1.165, 1.54) is 25.3 Å². The number of nitriles is 1. The van der Waals surface area contributed by atoms with Gasteiger partial charge >= 0.3 is 5.97 Å². The molecule has 0 saturated carbocycles. The second-order valence-corrected chi connectivity index (χ2v) is 4.20. The van der Waals surface area contributed by atoms with Crippen LogP contribution in [0.15, 0.2) is 29.1 Å². The summed E-state index contributed by atoms with van der Waals surface area (Å²) < 4.78 is 23.7. The highest BCUT2D eigenvalue weighted by atomic mass is 19.1. The molecule has 0 aliphatic rings. The Bertz CT molecular complexity index is 836. The second kappa shape index (κ2) is 6.10. The predicted molar refractivity (Wildman–Crippen MR) is 75.1 cm³/mol. The maximum Gasteiger partial charge on any atom is 0.344 e. The summed E-state index contributed by atoms with van der Waals surface area (Å²) in [5.74, 6) is -1.74. The average Bonchev–Trinajstić information content (AvgIpc) is 2.53. The standard InChI is InChI=1S/C15H11FN2O4/c1-21-14-12(15(20)22-2)11(9(7-17)13(19)18-14)8-5-3-4-6-10(8)16/h3-6H,1-2H3,(H,18,19). The van der Waals surface area contributed by atoms with Crippen LogP contribution in [0.1, 0.15) is 15.9 Å². The van der Waals surface area contributed by atoms with Crippen LogP contribution in [-0.2, 0) is 4.74 Å². The van der Waals surface area contributed by atoms with E-state index in [4.69, 9.17) is 4.74 Å². The van der Waals surface area contributed by atoms with Crippen LogP contribution in [0.2, 0.25) is 0 Å². The summed E-state index contributed by atoms with van der Waals surface area (Å²) in [6, 6.07) is 7.18. The van der Waals surface area contributed by atoms with Crippen LogP contribution in [0, 0.1) is 17.1 Å². The minimum absolute atomic E-state index is 0.0659. The van der Waals surface area contributed by atoms with E-state index in [0.717, 1.165) is 13.2 Å². The van der Waals surface area contributed by atoms with Gasteiger partial charge in [-0.1, -0.05) is 18.2 Å². The van der Waals surface area contributed by atoms with E-state index < -0.39 is 22.9 Å². The molecule has 0 radical (unpaired) electrons. The number of halogens is 1. The van der Waals surface area contributed by atoms with Crippen molar-refractivity contribution in [1.29, 1.82) is 5.26 Å². The molecule has 0 bridgehead atoms. The highest BCUT2D eigenvalue weighted by Gasteiger charge is 2.27. The molecule has 7 heteroatoms. The molecular weight excluding hydrogens is 291 g/mol. The van der Waals surface area contributed by atoms with Crippen molar-refractivity contribution in [2.75, 3.05) is 14.2 Å². The number of methoxy groups -OCH3 is 2. The lowest BCUT2D eigenvalue weighted by Gasteiger charge is -2.13. The van der Waals surface area contributed by atoms with Gasteiger partial charge in [0.25, 0.3) is 5.56 Å². The molecule has 0 unspecified atom stereocenters. The number of hydrogen-bond donors (Lipinski definition) is 1. The zero-order valence-corrected chi connectivity index (χ0v) is 11.8. The number of carbonyl (C=O) groups excluding carboxylic acids is 1. The zero-order chi connectivity index (χ0) is 16.3. The fraction of sp³-hybridized carbons (Fsp3) is 0.133. The molecule has 1 aromatic carbocycles. The molecule has 112 valence electrons. The Labute approximate surface area is 124 Å². The van der Waals surface area contributed by atoms with Crippen LogP contribution < -0.4 is 10.3 Å². The van der Waals surface area contributed by atoms with Gasteiger partial charge in [0.1, 0.15) is 23.0 Å². The summed E-state index contributed by atoms with van der Waals surface area (Å²) >= 11 is 0. The molecular formula is C15H11FN2O4. The van der Waals surface area contributed by atoms with E-state index in [1.54, 1.807) is 6.07 Å². The smallest absolute Gasteiger partial charge is 0.344 e. The Kier molecular flexibility index (Phi) is 4.23. The Morgan fingerprint density at radius 1 is 1.32 bits per heavy atom. The highest BCUT2D eigenvalue weighted by Crippen LogP contribution is 2.32. The average molecular weight is 302 g/mol. The summed E-state index contributed by atoms with van der Waals surface area (Å²) in [5, 5.41) is 9.21. The Morgan fingerprint density at radius 2 is 2.00 bits per heavy atom. The number of aromatic nitrogens is 1. The van der Waals surface area contributed by atoms with Gasteiger partial charge in [0.05, 0.1) is 14.2 Å². The number of carbonyl (C=O) groups is 1. The molecule has 0 saturated heterocycles. The van der Waals surface area contributed by atoms with Gasteiger partial charge < -0.3 is 9.47 Å². The van der Waals surface area contributed by atoms with Crippen molar-refractivity contribution in [2.45, 2.75) is 0 Å². The SMILES string of the molecule is COC(=O)c1c(OC)[nH]c(=O)c(C#N)c1-c1ccccc1F. The van der Waals surface area contributed by atoms with Crippen molar-refractivity contribution in [3.05, 3.63) is 51.6 Å². The van der Waals surface area contributed by atoms with Crippen LogP contribution in [0.25, 0.3) is 11.1 Å². The molecule has 22 heavy (non-hydrogen) atoms. The number of aromatic amines is 1. The molecule has 2 aromatic rings. The van der Waals surface area contributed by atoms with Crippen molar-refractivity contribution in [2.24, 2.45) is 0 Å². The Hall–Kier alpha value is -3.14. The topological polar surface area (TPSA) is 92.2 Å². The van der Waals surface area contributed by atoms with Crippen LogP contribution >= 0.6 is 0 Å². The van der Waals surface area contributed by atoms with Gasteiger partial charge in [-0.05, 0) is 6.07 Å². The minimum atomic E-state index is -0.858. The number of nitrogens with one attached hydrogen (secondary N) is 1. The number of H-pyrrole nitrogens is 1. The van der Waals surface area contributed by atoms with E-state index in [1.807, 2.05) is 0 Å². The maximum atomic E-state index is 14.1. The van der Waals surface area contributed by atoms with Gasteiger partial charge in [0.2, 0.25) is 5.88 Å². The van der Waals surface area contributed by atoms with Crippen molar-refractivity contribution < 1.29 is 18.7 Å². The number of nitrogens with zero attached hydrogens (tertiary/aromatic N) is 1. The molecule has 1 aromatic heterocycles. The summed E-state index contributed by atoms with van der Waals surface area (Å²) in [7, 11) is 2.36. The number of ether oxygens (including phenoxy) is 2. The first-order valence-electron chi connectivity index (χ1n) is 6.12. The molecule has 0 amide bonds. The minimum Gasteiger partial charge on any atom is -0.482 e. The van der Waals surface area contributed by atoms with Gasteiger partial charge in [0.15, 0.2) is 0 Å². The largest absolute Gasteiger partial charge is 0.482 e. The molecule has 2 rings (SSSR count). The fourth-order valence-corrected chi connectivity index (χ4v) is 2.07.